The molecule has 0 aliphatic rings. The minimum Gasteiger partial charge on any atom is -0.497 e. The van der Waals surface area contributed by atoms with Gasteiger partial charge in [0.15, 0.2) is 0 Å². The Balaban J connectivity index is 1.59. The number of aryl methyl sites for hydroxylation is 2. The average molecular weight is 453 g/mol. The van der Waals surface area contributed by atoms with Gasteiger partial charge >= 0.3 is 0 Å². The minimum atomic E-state index is -0.662. The molecule has 3 aromatic rings. The molecule has 3 rings (SSSR count). The van der Waals surface area contributed by atoms with E-state index in [-0.39, 0.29) is 17.7 Å². The maximum absolute atomic E-state index is 12.8. The average Bonchev–Trinajstić information content (AvgIpc) is 3.14. The number of imidazole rings is 1. The molecule has 1 unspecified atom stereocenters. The molecule has 0 saturated heterocycles. The molecule has 0 bridgehead atoms. The molecular weight excluding hydrogens is 420 g/mol. The lowest BCUT2D eigenvalue weighted by atomic mass is 10.0. The fraction of sp³-hybridized carbons (Fsp3) is 0.400. The third-order valence-corrected chi connectivity index (χ3v) is 5.55. The zero-order valence-corrected chi connectivity index (χ0v) is 19.8. The molecule has 0 fully saturated rings. The van der Waals surface area contributed by atoms with E-state index in [1.54, 1.807) is 18.2 Å². The van der Waals surface area contributed by atoms with Crippen molar-refractivity contribution < 1.29 is 19.1 Å². The monoisotopic (exact) mass is 452 g/mol. The fourth-order valence-corrected chi connectivity index (χ4v) is 3.73. The number of methoxy groups -OCH3 is 2. The van der Waals surface area contributed by atoms with Gasteiger partial charge in [0.2, 0.25) is 5.91 Å². The summed E-state index contributed by atoms with van der Waals surface area (Å²) >= 11 is 0. The summed E-state index contributed by atoms with van der Waals surface area (Å²) < 4.78 is 12.6. The van der Waals surface area contributed by atoms with E-state index < -0.39 is 6.04 Å². The number of hydrogen-bond acceptors (Lipinski definition) is 5. The van der Waals surface area contributed by atoms with E-state index in [4.69, 9.17) is 9.47 Å². The Bertz CT molecular complexity index is 1100. The zero-order chi connectivity index (χ0) is 24.0. The predicted octanol–water partition coefficient (Wildman–Crippen LogP) is 3.32. The molecule has 1 atom stereocenters. The molecule has 2 N–H and O–H groups in total. The fourth-order valence-electron chi connectivity index (χ4n) is 3.73. The Hall–Kier alpha value is -3.55. The summed E-state index contributed by atoms with van der Waals surface area (Å²) in [6.45, 7) is 7.03. The molecule has 33 heavy (non-hydrogen) atoms. The van der Waals surface area contributed by atoms with E-state index in [1.165, 1.54) is 14.2 Å². The second-order valence-electron chi connectivity index (χ2n) is 8.24. The number of para-hydroxylation sites is 2. The standard InChI is InChI=1S/C25H32N4O4/c1-16(2)23(28-24(30)18-13-19(32-4)15-20(14-18)33-5)25(31)26-11-8-12-29-17(3)27-21-9-6-7-10-22(21)29/h6-7,9-10,13-16,23H,8,11-12H2,1-5H3,(H,26,31)(H,28,30). The highest BCUT2D eigenvalue weighted by molar-refractivity contribution is 5.98. The largest absolute Gasteiger partial charge is 0.497 e. The van der Waals surface area contributed by atoms with Gasteiger partial charge in [0.05, 0.1) is 25.3 Å². The van der Waals surface area contributed by atoms with Gasteiger partial charge in [-0.1, -0.05) is 26.0 Å². The van der Waals surface area contributed by atoms with Crippen LogP contribution in [0.2, 0.25) is 0 Å². The first-order valence-electron chi connectivity index (χ1n) is 11.1. The second-order valence-corrected chi connectivity index (χ2v) is 8.24. The summed E-state index contributed by atoms with van der Waals surface area (Å²) in [5.74, 6) is 1.31. The Morgan fingerprint density at radius 3 is 2.36 bits per heavy atom. The number of aromatic nitrogens is 2. The van der Waals surface area contributed by atoms with E-state index >= 15 is 0 Å². The normalized spacial score (nSPS) is 11.9. The SMILES string of the molecule is COc1cc(OC)cc(C(=O)NC(C(=O)NCCCn2c(C)nc3ccccc32)C(C)C)c1. The van der Waals surface area contributed by atoms with Crippen molar-refractivity contribution in [3.05, 3.63) is 53.9 Å². The van der Waals surface area contributed by atoms with E-state index in [9.17, 15) is 9.59 Å². The Kier molecular flexibility index (Phi) is 7.92. The molecule has 0 aliphatic carbocycles. The summed E-state index contributed by atoms with van der Waals surface area (Å²) in [7, 11) is 3.05. The highest BCUT2D eigenvalue weighted by Crippen LogP contribution is 2.22. The van der Waals surface area contributed by atoms with Crippen LogP contribution in [0.25, 0.3) is 11.0 Å². The lowest BCUT2D eigenvalue weighted by Crippen LogP contribution is -2.50. The van der Waals surface area contributed by atoms with Crippen LogP contribution in [0.1, 0.15) is 36.5 Å². The van der Waals surface area contributed by atoms with Gasteiger partial charge < -0.3 is 24.7 Å². The van der Waals surface area contributed by atoms with Crippen molar-refractivity contribution in [3.63, 3.8) is 0 Å². The number of benzene rings is 2. The van der Waals surface area contributed by atoms with E-state index in [2.05, 4.69) is 20.2 Å². The van der Waals surface area contributed by atoms with Gasteiger partial charge in [-0.3, -0.25) is 9.59 Å². The van der Waals surface area contributed by atoms with Crippen LogP contribution >= 0.6 is 0 Å². The summed E-state index contributed by atoms with van der Waals surface area (Å²) in [6, 6.07) is 12.3. The number of carbonyl (C=O) groups excluding carboxylic acids is 2. The van der Waals surface area contributed by atoms with Gasteiger partial charge in [0, 0.05) is 24.7 Å². The molecule has 0 saturated carbocycles. The van der Waals surface area contributed by atoms with E-state index in [0.29, 0.717) is 23.6 Å². The van der Waals surface area contributed by atoms with Crippen LogP contribution in [0, 0.1) is 12.8 Å². The number of fused-ring (bicyclic) bond motifs is 1. The van der Waals surface area contributed by atoms with Crippen LogP contribution < -0.4 is 20.1 Å². The van der Waals surface area contributed by atoms with Gasteiger partial charge in [-0.2, -0.15) is 0 Å². The molecule has 0 radical (unpaired) electrons. The molecule has 8 heteroatoms. The first-order valence-corrected chi connectivity index (χ1v) is 11.1. The first-order chi connectivity index (χ1) is 15.8. The van der Waals surface area contributed by atoms with E-state index in [0.717, 1.165) is 29.8 Å². The van der Waals surface area contributed by atoms with Gasteiger partial charge in [-0.15, -0.1) is 0 Å². The number of rotatable bonds is 10. The third-order valence-electron chi connectivity index (χ3n) is 5.55. The number of amides is 2. The maximum atomic E-state index is 12.8. The molecule has 8 nitrogen and oxygen atoms in total. The Labute approximate surface area is 194 Å². The number of ether oxygens (including phenoxy) is 2. The van der Waals surface area contributed by atoms with Crippen molar-refractivity contribution >= 4 is 22.8 Å². The maximum Gasteiger partial charge on any atom is 0.252 e. The Morgan fingerprint density at radius 2 is 1.73 bits per heavy atom. The van der Waals surface area contributed by atoms with Crippen LogP contribution in [-0.4, -0.2) is 48.2 Å². The predicted molar refractivity (Wildman–Crippen MR) is 128 cm³/mol. The van der Waals surface area contributed by atoms with Crippen molar-refractivity contribution in [1.29, 1.82) is 0 Å². The zero-order valence-electron chi connectivity index (χ0n) is 19.8. The lowest BCUT2D eigenvalue weighted by Gasteiger charge is -2.22. The minimum absolute atomic E-state index is 0.0821. The van der Waals surface area contributed by atoms with Gasteiger partial charge in [-0.25, -0.2) is 4.98 Å². The van der Waals surface area contributed by atoms with Crippen LogP contribution in [0.4, 0.5) is 0 Å². The van der Waals surface area contributed by atoms with Gasteiger partial charge in [0.25, 0.3) is 5.91 Å². The van der Waals surface area contributed by atoms with Crippen LogP contribution in [-0.2, 0) is 11.3 Å². The molecule has 2 aromatic carbocycles. The molecule has 0 spiro atoms. The molecule has 1 aromatic heterocycles. The summed E-state index contributed by atoms with van der Waals surface area (Å²) in [6.07, 6.45) is 0.749. The molecular formula is C25H32N4O4. The molecule has 176 valence electrons. The van der Waals surface area contributed by atoms with Crippen molar-refractivity contribution in [2.45, 2.75) is 39.8 Å². The molecule has 0 aliphatic heterocycles. The highest BCUT2D eigenvalue weighted by Gasteiger charge is 2.25. The van der Waals surface area contributed by atoms with Gasteiger partial charge in [-0.05, 0) is 43.5 Å². The second kappa shape index (κ2) is 10.8. The lowest BCUT2D eigenvalue weighted by molar-refractivity contribution is -0.123. The number of nitrogens with one attached hydrogen (secondary N) is 2. The highest BCUT2D eigenvalue weighted by atomic mass is 16.5. The number of nitrogens with zero attached hydrogens (tertiary/aromatic N) is 2. The summed E-state index contributed by atoms with van der Waals surface area (Å²) in [5, 5.41) is 5.80. The third kappa shape index (κ3) is 5.83. The van der Waals surface area contributed by atoms with Crippen molar-refractivity contribution in [3.8, 4) is 11.5 Å². The topological polar surface area (TPSA) is 94.5 Å². The summed E-state index contributed by atoms with van der Waals surface area (Å²) in [4.78, 5) is 30.3. The van der Waals surface area contributed by atoms with Crippen LogP contribution in [0.3, 0.4) is 0 Å². The molecule has 1 heterocycles. The van der Waals surface area contributed by atoms with Crippen LogP contribution in [0.5, 0.6) is 11.5 Å². The first kappa shape index (κ1) is 24.1. The summed E-state index contributed by atoms with van der Waals surface area (Å²) in [5.41, 5.74) is 2.42. The van der Waals surface area contributed by atoms with Crippen molar-refractivity contribution in [2.75, 3.05) is 20.8 Å². The molecule has 2 amide bonds. The van der Waals surface area contributed by atoms with Crippen molar-refractivity contribution in [1.82, 2.24) is 20.2 Å². The number of hydrogen-bond donors (Lipinski definition) is 2. The number of carbonyl (C=O) groups is 2. The Morgan fingerprint density at radius 1 is 1.06 bits per heavy atom. The van der Waals surface area contributed by atoms with E-state index in [1.807, 2.05) is 45.0 Å². The van der Waals surface area contributed by atoms with Crippen LogP contribution in [0.15, 0.2) is 42.5 Å². The van der Waals surface area contributed by atoms with Crippen molar-refractivity contribution in [2.24, 2.45) is 5.92 Å². The smallest absolute Gasteiger partial charge is 0.252 e. The van der Waals surface area contributed by atoms with Gasteiger partial charge in [0.1, 0.15) is 23.4 Å². The quantitative estimate of drug-likeness (QED) is 0.460.